The van der Waals surface area contributed by atoms with Crippen LogP contribution in [0.15, 0.2) is 140 Å². The molecule has 0 bridgehead atoms. The minimum Gasteiger partial charge on any atom is -0.276 e. The van der Waals surface area contributed by atoms with Gasteiger partial charge in [-0.1, -0.05) is 121 Å². The number of hydrogen-bond donors (Lipinski definition) is 0. The largest absolute Gasteiger partial charge is 0.276 e. The fourth-order valence-electron chi connectivity index (χ4n) is 6.76. The van der Waals surface area contributed by atoms with E-state index >= 15 is 0 Å². The zero-order valence-electron chi connectivity index (χ0n) is 23.9. The lowest BCUT2D eigenvalue weighted by molar-refractivity contribution is 1.02. The van der Waals surface area contributed by atoms with Gasteiger partial charge in [-0.3, -0.25) is 4.57 Å². The molecule has 210 valence electrons. The Kier molecular flexibility index (Phi) is 5.32. The zero-order chi connectivity index (χ0) is 29.5. The highest BCUT2D eigenvalue weighted by Gasteiger charge is 2.22. The molecule has 0 aliphatic rings. The van der Waals surface area contributed by atoms with Crippen molar-refractivity contribution in [3.05, 3.63) is 140 Å². The molecule has 0 unspecified atom stereocenters. The molecule has 0 aliphatic heterocycles. The third kappa shape index (κ3) is 3.69. The van der Waals surface area contributed by atoms with Crippen LogP contribution in [0.3, 0.4) is 0 Å². The van der Waals surface area contributed by atoms with E-state index in [1.54, 1.807) is 0 Å². The van der Waals surface area contributed by atoms with Crippen LogP contribution in [0.2, 0.25) is 0 Å². The van der Waals surface area contributed by atoms with Gasteiger partial charge in [0.05, 0.1) is 36.3 Å². The maximum atomic E-state index is 5.37. The SMILES string of the molecule is c1ccc(-c2ccc(-c3nc(-n4c5ccccc5c5ccc6c7sc8ccccc8c7sc6c54)nc4ccccc34)cc2)cc1. The predicted molar refractivity (Wildman–Crippen MR) is 193 cm³/mol. The minimum absolute atomic E-state index is 0.691. The molecule has 3 nitrogen and oxygen atoms in total. The highest BCUT2D eigenvalue weighted by molar-refractivity contribution is 7.37. The first kappa shape index (κ1) is 25.0. The molecular formula is C40H23N3S2. The van der Waals surface area contributed by atoms with Gasteiger partial charge in [0.2, 0.25) is 5.95 Å². The van der Waals surface area contributed by atoms with E-state index in [9.17, 15) is 0 Å². The van der Waals surface area contributed by atoms with Crippen LogP contribution in [0.25, 0.3) is 90.6 Å². The van der Waals surface area contributed by atoms with Crippen molar-refractivity contribution in [3.8, 4) is 28.3 Å². The van der Waals surface area contributed by atoms with Crippen molar-refractivity contribution in [1.29, 1.82) is 0 Å². The maximum Gasteiger partial charge on any atom is 0.235 e. The molecule has 6 aromatic carbocycles. The van der Waals surface area contributed by atoms with Crippen LogP contribution < -0.4 is 0 Å². The smallest absolute Gasteiger partial charge is 0.235 e. The van der Waals surface area contributed by atoms with E-state index in [0.717, 1.165) is 27.7 Å². The summed E-state index contributed by atoms with van der Waals surface area (Å²) in [5.41, 5.74) is 7.62. The lowest BCUT2D eigenvalue weighted by Gasteiger charge is -2.12. The minimum atomic E-state index is 0.691. The van der Waals surface area contributed by atoms with Gasteiger partial charge in [-0.15, -0.1) is 22.7 Å². The van der Waals surface area contributed by atoms with Crippen molar-refractivity contribution >= 4 is 85.0 Å². The molecule has 0 radical (unpaired) electrons. The van der Waals surface area contributed by atoms with Crippen molar-refractivity contribution in [2.24, 2.45) is 0 Å². The fourth-order valence-corrected chi connectivity index (χ4v) is 9.54. The quantitative estimate of drug-likeness (QED) is 0.199. The maximum absolute atomic E-state index is 5.37. The van der Waals surface area contributed by atoms with Crippen LogP contribution in [0.5, 0.6) is 0 Å². The Morgan fingerprint density at radius 1 is 0.422 bits per heavy atom. The summed E-state index contributed by atoms with van der Waals surface area (Å²) in [6.07, 6.45) is 0. The first-order valence-corrected chi connectivity index (χ1v) is 16.6. The Balaban J connectivity index is 1.27. The number of para-hydroxylation sites is 2. The van der Waals surface area contributed by atoms with Crippen molar-refractivity contribution in [3.63, 3.8) is 0 Å². The van der Waals surface area contributed by atoms with Crippen molar-refractivity contribution < 1.29 is 0 Å². The van der Waals surface area contributed by atoms with Gasteiger partial charge in [0.15, 0.2) is 0 Å². The van der Waals surface area contributed by atoms with Gasteiger partial charge >= 0.3 is 0 Å². The first-order chi connectivity index (χ1) is 22.3. The summed E-state index contributed by atoms with van der Waals surface area (Å²) in [5, 5.41) is 6.11. The molecule has 0 amide bonds. The molecule has 0 atom stereocenters. The molecule has 0 aliphatic carbocycles. The number of thiophene rings is 2. The molecule has 10 rings (SSSR count). The Bertz CT molecular complexity index is 2750. The monoisotopic (exact) mass is 609 g/mol. The van der Waals surface area contributed by atoms with Crippen LogP contribution in [0.1, 0.15) is 0 Å². The average molecular weight is 610 g/mol. The summed E-state index contributed by atoms with van der Waals surface area (Å²) in [4.78, 5) is 10.6. The third-order valence-corrected chi connectivity index (χ3v) is 11.4. The summed E-state index contributed by atoms with van der Waals surface area (Å²) >= 11 is 3.78. The molecular weight excluding hydrogens is 587 g/mol. The van der Waals surface area contributed by atoms with Crippen LogP contribution >= 0.6 is 22.7 Å². The number of hydrogen-bond acceptors (Lipinski definition) is 4. The summed E-state index contributed by atoms with van der Waals surface area (Å²) in [5.74, 6) is 0.691. The summed E-state index contributed by atoms with van der Waals surface area (Å²) < 4.78 is 7.62. The topological polar surface area (TPSA) is 30.7 Å². The second kappa shape index (κ2) is 9.57. The molecule has 5 heteroatoms. The van der Waals surface area contributed by atoms with Crippen molar-refractivity contribution in [2.45, 2.75) is 0 Å². The van der Waals surface area contributed by atoms with E-state index in [4.69, 9.17) is 9.97 Å². The fraction of sp³-hybridized carbons (Fsp3) is 0. The van der Waals surface area contributed by atoms with Crippen molar-refractivity contribution in [2.75, 3.05) is 0 Å². The van der Waals surface area contributed by atoms with Gasteiger partial charge in [-0.25, -0.2) is 9.97 Å². The molecule has 4 aromatic heterocycles. The second-order valence-electron chi connectivity index (χ2n) is 11.4. The second-order valence-corrected chi connectivity index (χ2v) is 13.5. The predicted octanol–water partition coefficient (Wildman–Crippen LogP) is 11.6. The van der Waals surface area contributed by atoms with E-state index < -0.39 is 0 Å². The molecule has 0 N–H and O–H groups in total. The Morgan fingerprint density at radius 2 is 1.07 bits per heavy atom. The molecule has 0 fully saturated rings. The molecule has 45 heavy (non-hydrogen) atoms. The standard InChI is InChI=1S/C40H23N3S2/c1-2-10-24(11-3-1)25-18-20-26(21-19-25)35-29-13-4-7-15-32(29)41-40(42-35)43-33-16-8-5-12-27(33)28-22-23-31-37(36(28)43)45-38-30-14-6-9-17-34(30)44-39(31)38/h1-23H. The van der Waals surface area contributed by atoms with E-state index in [1.165, 1.54) is 57.0 Å². The highest BCUT2D eigenvalue weighted by Crippen LogP contribution is 2.48. The Morgan fingerprint density at radius 3 is 1.93 bits per heavy atom. The van der Waals surface area contributed by atoms with Crippen LogP contribution in [-0.2, 0) is 0 Å². The van der Waals surface area contributed by atoms with Gasteiger partial charge in [-0.05, 0) is 29.3 Å². The summed E-state index contributed by atoms with van der Waals surface area (Å²) in [7, 11) is 0. The van der Waals surface area contributed by atoms with E-state index in [2.05, 4.69) is 144 Å². The Hall–Kier alpha value is -5.36. The number of nitrogens with zero attached hydrogens (tertiary/aromatic N) is 3. The molecule has 0 spiro atoms. The highest BCUT2D eigenvalue weighted by atomic mass is 32.1. The third-order valence-electron chi connectivity index (χ3n) is 8.85. The number of benzene rings is 6. The first-order valence-electron chi connectivity index (χ1n) is 15.0. The van der Waals surface area contributed by atoms with Gasteiger partial charge in [0, 0.05) is 37.2 Å². The van der Waals surface area contributed by atoms with Crippen LogP contribution in [-0.4, -0.2) is 14.5 Å². The molecule has 0 saturated carbocycles. The van der Waals surface area contributed by atoms with Crippen LogP contribution in [0, 0.1) is 0 Å². The van der Waals surface area contributed by atoms with Gasteiger partial charge in [-0.2, -0.15) is 0 Å². The van der Waals surface area contributed by atoms with Crippen LogP contribution in [0.4, 0.5) is 0 Å². The zero-order valence-corrected chi connectivity index (χ0v) is 25.6. The number of rotatable bonds is 3. The lowest BCUT2D eigenvalue weighted by atomic mass is 10.0. The van der Waals surface area contributed by atoms with E-state index in [1.807, 2.05) is 22.7 Å². The number of fused-ring (bicyclic) bond motifs is 10. The normalized spacial score (nSPS) is 12.0. The number of aromatic nitrogens is 3. The lowest BCUT2D eigenvalue weighted by Crippen LogP contribution is -2.03. The van der Waals surface area contributed by atoms with E-state index in [-0.39, 0.29) is 0 Å². The van der Waals surface area contributed by atoms with Gasteiger partial charge in [0.1, 0.15) is 0 Å². The van der Waals surface area contributed by atoms with E-state index in [0.29, 0.717) is 5.95 Å². The van der Waals surface area contributed by atoms with Crippen molar-refractivity contribution in [1.82, 2.24) is 14.5 Å². The Labute approximate surface area is 266 Å². The molecule has 0 saturated heterocycles. The average Bonchev–Trinajstić information content (AvgIpc) is 3.76. The van der Waals surface area contributed by atoms with Gasteiger partial charge in [0.25, 0.3) is 0 Å². The summed E-state index contributed by atoms with van der Waals surface area (Å²) in [6.45, 7) is 0. The van der Waals surface area contributed by atoms with Gasteiger partial charge < -0.3 is 0 Å². The summed E-state index contributed by atoms with van der Waals surface area (Å²) in [6, 6.07) is 49.6. The molecule has 4 heterocycles. The molecule has 10 aromatic rings.